The molecule has 0 heterocycles. The second-order valence-corrected chi connectivity index (χ2v) is 4.90. The van der Waals surface area contributed by atoms with E-state index in [4.69, 9.17) is 0 Å². The van der Waals surface area contributed by atoms with Crippen molar-refractivity contribution >= 4 is 11.9 Å². The smallest absolute Gasteiger partial charge is 0.306 e. The fraction of sp³-hybridized carbons (Fsp3) is 0.867. The van der Waals surface area contributed by atoms with Gasteiger partial charge in [-0.05, 0) is 6.42 Å². The lowest BCUT2D eigenvalue weighted by atomic mass is 10.1. The maximum Gasteiger partial charge on any atom is 0.306 e. The van der Waals surface area contributed by atoms with Crippen LogP contribution in [-0.2, 0) is 14.3 Å². The average molecular weight is 271 g/mol. The topological polar surface area (TPSA) is 55.4 Å². The van der Waals surface area contributed by atoms with Crippen LogP contribution in [0.1, 0.15) is 71.1 Å². The number of hydrogen-bond donors (Lipinski definition) is 1. The Balaban J connectivity index is 3.21. The summed E-state index contributed by atoms with van der Waals surface area (Å²) >= 11 is 0. The number of methoxy groups -OCH3 is 1. The highest BCUT2D eigenvalue weighted by Gasteiger charge is 2.05. The maximum absolute atomic E-state index is 11.4. The Morgan fingerprint density at radius 2 is 1.47 bits per heavy atom. The van der Waals surface area contributed by atoms with Gasteiger partial charge in [-0.3, -0.25) is 9.59 Å². The highest BCUT2D eigenvalue weighted by molar-refractivity contribution is 5.81. The third kappa shape index (κ3) is 13.2. The minimum Gasteiger partial charge on any atom is -0.469 e. The molecule has 0 aliphatic heterocycles. The van der Waals surface area contributed by atoms with Crippen LogP contribution in [-0.4, -0.2) is 25.5 Å². The van der Waals surface area contributed by atoms with Gasteiger partial charge in [-0.1, -0.05) is 51.9 Å². The Labute approximate surface area is 117 Å². The van der Waals surface area contributed by atoms with Crippen molar-refractivity contribution in [3.63, 3.8) is 0 Å². The number of esters is 1. The fourth-order valence-corrected chi connectivity index (χ4v) is 1.89. The van der Waals surface area contributed by atoms with Crippen LogP contribution in [0.4, 0.5) is 0 Å². The first-order valence-electron chi connectivity index (χ1n) is 7.54. The summed E-state index contributed by atoms with van der Waals surface area (Å²) in [7, 11) is 1.33. The largest absolute Gasteiger partial charge is 0.469 e. The maximum atomic E-state index is 11.4. The minimum absolute atomic E-state index is 0.0617. The summed E-state index contributed by atoms with van der Waals surface area (Å²) in [6.45, 7) is 2.94. The second kappa shape index (κ2) is 13.4. The summed E-state index contributed by atoms with van der Waals surface area (Å²) in [5.74, 6) is -0.393. The standard InChI is InChI=1S/C15H29NO3/c1-3-4-5-6-7-8-9-10-13-16-14(17)11-12-15(18)19-2/h3-13H2,1-2H3,(H,16,17). The summed E-state index contributed by atoms with van der Waals surface area (Å²) in [4.78, 5) is 22.2. The van der Waals surface area contributed by atoms with Gasteiger partial charge in [-0.2, -0.15) is 0 Å². The number of amides is 1. The van der Waals surface area contributed by atoms with E-state index in [1.54, 1.807) is 0 Å². The molecule has 1 N–H and O–H groups in total. The zero-order valence-corrected chi connectivity index (χ0v) is 12.5. The van der Waals surface area contributed by atoms with E-state index in [1.165, 1.54) is 52.1 Å². The van der Waals surface area contributed by atoms with Gasteiger partial charge in [0.15, 0.2) is 0 Å². The van der Waals surface area contributed by atoms with E-state index in [0.717, 1.165) is 13.0 Å². The van der Waals surface area contributed by atoms with Gasteiger partial charge in [0.05, 0.1) is 13.5 Å². The molecule has 0 aromatic heterocycles. The first-order chi connectivity index (χ1) is 9.20. The molecule has 0 aliphatic rings. The number of hydrogen-bond acceptors (Lipinski definition) is 3. The van der Waals surface area contributed by atoms with Crippen LogP contribution in [0.25, 0.3) is 0 Å². The SMILES string of the molecule is CCCCCCCCCCNC(=O)CCC(=O)OC. The van der Waals surface area contributed by atoms with Crippen molar-refractivity contribution < 1.29 is 14.3 Å². The minimum atomic E-state index is -0.331. The van der Waals surface area contributed by atoms with Crippen molar-refractivity contribution in [2.75, 3.05) is 13.7 Å². The molecule has 1 amide bonds. The zero-order valence-electron chi connectivity index (χ0n) is 12.5. The Kier molecular flexibility index (Phi) is 12.6. The molecule has 0 rings (SSSR count). The van der Waals surface area contributed by atoms with Gasteiger partial charge in [0, 0.05) is 13.0 Å². The van der Waals surface area contributed by atoms with Gasteiger partial charge in [0.25, 0.3) is 0 Å². The van der Waals surface area contributed by atoms with E-state index in [9.17, 15) is 9.59 Å². The molecule has 0 saturated carbocycles. The molecule has 0 atom stereocenters. The molecule has 112 valence electrons. The molecule has 0 aromatic carbocycles. The van der Waals surface area contributed by atoms with E-state index >= 15 is 0 Å². The van der Waals surface area contributed by atoms with Crippen molar-refractivity contribution in [2.24, 2.45) is 0 Å². The highest BCUT2D eigenvalue weighted by atomic mass is 16.5. The number of nitrogens with one attached hydrogen (secondary N) is 1. The number of carbonyl (C=O) groups excluding carboxylic acids is 2. The molecule has 0 fully saturated rings. The van der Waals surface area contributed by atoms with Gasteiger partial charge in [-0.15, -0.1) is 0 Å². The quantitative estimate of drug-likeness (QED) is 0.438. The monoisotopic (exact) mass is 271 g/mol. The molecule has 0 spiro atoms. The van der Waals surface area contributed by atoms with E-state index in [-0.39, 0.29) is 24.7 Å². The van der Waals surface area contributed by atoms with E-state index in [2.05, 4.69) is 17.0 Å². The number of rotatable bonds is 12. The third-order valence-corrected chi connectivity index (χ3v) is 3.14. The van der Waals surface area contributed by atoms with Gasteiger partial charge < -0.3 is 10.1 Å². The zero-order chi connectivity index (χ0) is 14.3. The summed E-state index contributed by atoms with van der Waals surface area (Å²) in [5.41, 5.74) is 0. The van der Waals surface area contributed by atoms with Crippen LogP contribution in [0.15, 0.2) is 0 Å². The van der Waals surface area contributed by atoms with Crippen LogP contribution < -0.4 is 5.32 Å². The predicted octanol–water partition coefficient (Wildman–Crippen LogP) is 3.20. The summed E-state index contributed by atoms with van der Waals surface area (Å²) in [6, 6.07) is 0. The van der Waals surface area contributed by atoms with Crippen molar-refractivity contribution in [1.82, 2.24) is 5.32 Å². The van der Waals surface area contributed by atoms with E-state index in [0.29, 0.717) is 0 Å². The van der Waals surface area contributed by atoms with Gasteiger partial charge in [-0.25, -0.2) is 0 Å². The lowest BCUT2D eigenvalue weighted by molar-refractivity contribution is -0.142. The molecule has 0 unspecified atom stereocenters. The molecule has 0 saturated heterocycles. The first-order valence-corrected chi connectivity index (χ1v) is 7.54. The summed E-state index contributed by atoms with van der Waals surface area (Å²) in [6.07, 6.45) is 10.5. The van der Waals surface area contributed by atoms with Crippen molar-refractivity contribution in [3.8, 4) is 0 Å². The molecule has 4 heteroatoms. The first kappa shape index (κ1) is 17.9. The Morgan fingerprint density at radius 3 is 2.05 bits per heavy atom. The Hall–Kier alpha value is -1.06. The van der Waals surface area contributed by atoms with Gasteiger partial charge in [0.2, 0.25) is 5.91 Å². The van der Waals surface area contributed by atoms with Crippen LogP contribution in [0.5, 0.6) is 0 Å². The Bertz CT molecular complexity index is 242. The molecular weight excluding hydrogens is 242 g/mol. The molecule has 0 aliphatic carbocycles. The summed E-state index contributed by atoms with van der Waals surface area (Å²) in [5, 5.41) is 2.83. The van der Waals surface area contributed by atoms with Gasteiger partial charge >= 0.3 is 5.97 Å². The third-order valence-electron chi connectivity index (χ3n) is 3.14. The van der Waals surface area contributed by atoms with Crippen LogP contribution >= 0.6 is 0 Å². The second-order valence-electron chi connectivity index (χ2n) is 4.90. The van der Waals surface area contributed by atoms with Crippen LogP contribution in [0, 0.1) is 0 Å². The van der Waals surface area contributed by atoms with Crippen molar-refractivity contribution in [1.29, 1.82) is 0 Å². The lowest BCUT2D eigenvalue weighted by Gasteiger charge is -2.05. The van der Waals surface area contributed by atoms with Crippen LogP contribution in [0.3, 0.4) is 0 Å². The molecule has 0 aromatic rings. The summed E-state index contributed by atoms with van der Waals surface area (Å²) < 4.78 is 4.48. The lowest BCUT2D eigenvalue weighted by Crippen LogP contribution is -2.24. The van der Waals surface area contributed by atoms with Crippen LogP contribution in [0.2, 0.25) is 0 Å². The molecular formula is C15H29NO3. The Morgan fingerprint density at radius 1 is 0.895 bits per heavy atom. The van der Waals surface area contributed by atoms with Crippen molar-refractivity contribution in [2.45, 2.75) is 71.1 Å². The number of carbonyl (C=O) groups is 2. The van der Waals surface area contributed by atoms with Crippen molar-refractivity contribution in [3.05, 3.63) is 0 Å². The normalized spacial score (nSPS) is 10.2. The van der Waals surface area contributed by atoms with E-state index < -0.39 is 0 Å². The molecule has 4 nitrogen and oxygen atoms in total. The average Bonchev–Trinajstić information content (AvgIpc) is 2.42. The molecule has 19 heavy (non-hydrogen) atoms. The fourth-order valence-electron chi connectivity index (χ4n) is 1.89. The predicted molar refractivity (Wildman–Crippen MR) is 76.9 cm³/mol. The highest BCUT2D eigenvalue weighted by Crippen LogP contribution is 2.07. The number of ether oxygens (including phenoxy) is 1. The van der Waals surface area contributed by atoms with E-state index in [1.807, 2.05) is 0 Å². The number of unbranched alkanes of at least 4 members (excludes halogenated alkanes) is 7. The molecule has 0 radical (unpaired) electrons. The van der Waals surface area contributed by atoms with Gasteiger partial charge in [0.1, 0.15) is 0 Å². The molecule has 0 bridgehead atoms.